The number of alkyl halides is 1. The second kappa shape index (κ2) is 6.23. The Morgan fingerprint density at radius 3 is 2.90 bits per heavy atom. The Bertz CT molecular complexity index is 619. The molecule has 0 saturated carbocycles. The van der Waals surface area contributed by atoms with E-state index in [2.05, 4.69) is 10.1 Å². The van der Waals surface area contributed by atoms with Gasteiger partial charge < -0.3 is 15.0 Å². The summed E-state index contributed by atoms with van der Waals surface area (Å²) in [7, 11) is 1.88. The van der Waals surface area contributed by atoms with E-state index in [1.54, 1.807) is 4.68 Å². The fourth-order valence-electron chi connectivity index (χ4n) is 2.22. The minimum absolute atomic E-state index is 0.0763. The van der Waals surface area contributed by atoms with E-state index in [9.17, 15) is 4.79 Å². The SMILES string of the molecule is Cc1nn(C)c2c1nc(CCCl)n2CCOCC(N)=O. The maximum atomic E-state index is 10.6. The Labute approximate surface area is 121 Å². The van der Waals surface area contributed by atoms with Crippen molar-refractivity contribution in [3.8, 4) is 0 Å². The van der Waals surface area contributed by atoms with E-state index in [0.29, 0.717) is 25.5 Å². The number of rotatable bonds is 7. The van der Waals surface area contributed by atoms with Gasteiger partial charge in [-0.2, -0.15) is 5.10 Å². The zero-order valence-electron chi connectivity index (χ0n) is 11.6. The molecule has 0 aliphatic heterocycles. The van der Waals surface area contributed by atoms with Crippen LogP contribution in [0.4, 0.5) is 0 Å². The van der Waals surface area contributed by atoms with Crippen molar-refractivity contribution in [3.05, 3.63) is 11.5 Å². The van der Waals surface area contributed by atoms with Gasteiger partial charge in [0.05, 0.1) is 12.3 Å². The van der Waals surface area contributed by atoms with E-state index in [4.69, 9.17) is 22.1 Å². The highest BCUT2D eigenvalue weighted by Crippen LogP contribution is 2.19. The number of aryl methyl sites for hydroxylation is 3. The first kappa shape index (κ1) is 14.8. The summed E-state index contributed by atoms with van der Waals surface area (Å²) in [6, 6.07) is 0. The molecule has 2 N–H and O–H groups in total. The molecule has 7 nitrogen and oxygen atoms in total. The van der Waals surface area contributed by atoms with Gasteiger partial charge in [0.2, 0.25) is 5.91 Å². The van der Waals surface area contributed by atoms with Crippen LogP contribution in [0.25, 0.3) is 11.2 Å². The number of imidazole rings is 1. The number of nitrogens with zero attached hydrogens (tertiary/aromatic N) is 4. The first-order valence-corrected chi connectivity index (χ1v) is 6.88. The summed E-state index contributed by atoms with van der Waals surface area (Å²) in [4.78, 5) is 15.2. The van der Waals surface area contributed by atoms with E-state index in [0.717, 1.165) is 22.7 Å². The molecule has 0 fully saturated rings. The van der Waals surface area contributed by atoms with Gasteiger partial charge in [-0.25, -0.2) is 4.98 Å². The molecule has 1 amide bonds. The molecule has 2 heterocycles. The van der Waals surface area contributed by atoms with E-state index in [1.807, 2.05) is 18.5 Å². The molecule has 0 saturated heterocycles. The van der Waals surface area contributed by atoms with Gasteiger partial charge in [-0.15, -0.1) is 11.6 Å². The third-order valence-electron chi connectivity index (χ3n) is 2.99. The molecular weight excluding hydrogens is 282 g/mol. The quantitative estimate of drug-likeness (QED) is 0.591. The molecule has 0 aliphatic rings. The molecule has 2 aromatic heterocycles. The van der Waals surface area contributed by atoms with Crippen LogP contribution in [0.15, 0.2) is 0 Å². The van der Waals surface area contributed by atoms with Crippen molar-refractivity contribution in [1.82, 2.24) is 19.3 Å². The van der Waals surface area contributed by atoms with E-state index < -0.39 is 5.91 Å². The Morgan fingerprint density at radius 2 is 2.25 bits per heavy atom. The van der Waals surface area contributed by atoms with Gasteiger partial charge in [-0.3, -0.25) is 9.48 Å². The summed E-state index contributed by atoms with van der Waals surface area (Å²) < 4.78 is 9.03. The number of aromatic nitrogens is 4. The first-order chi connectivity index (χ1) is 9.54. The Kier molecular flexibility index (Phi) is 4.61. The molecule has 0 aliphatic carbocycles. The van der Waals surface area contributed by atoms with Crippen molar-refractivity contribution in [2.45, 2.75) is 19.9 Å². The fraction of sp³-hybridized carbons (Fsp3) is 0.583. The third kappa shape index (κ3) is 2.94. The smallest absolute Gasteiger partial charge is 0.243 e. The highest BCUT2D eigenvalue weighted by molar-refractivity contribution is 6.17. The Morgan fingerprint density at radius 1 is 1.50 bits per heavy atom. The largest absolute Gasteiger partial charge is 0.370 e. The van der Waals surface area contributed by atoms with Crippen LogP contribution in [-0.2, 0) is 29.5 Å². The van der Waals surface area contributed by atoms with Gasteiger partial charge >= 0.3 is 0 Å². The number of hydrogen-bond donors (Lipinski definition) is 1. The maximum Gasteiger partial charge on any atom is 0.243 e. The van der Waals surface area contributed by atoms with Crippen LogP contribution in [0.3, 0.4) is 0 Å². The van der Waals surface area contributed by atoms with Gasteiger partial charge in [-0.05, 0) is 6.92 Å². The summed E-state index contributed by atoms with van der Waals surface area (Å²) in [6.07, 6.45) is 0.672. The highest BCUT2D eigenvalue weighted by atomic mass is 35.5. The number of halogens is 1. The summed E-state index contributed by atoms with van der Waals surface area (Å²) in [5.41, 5.74) is 7.73. The van der Waals surface area contributed by atoms with Crippen LogP contribution in [-0.4, -0.2) is 44.3 Å². The topological polar surface area (TPSA) is 88.0 Å². The van der Waals surface area contributed by atoms with Crippen LogP contribution < -0.4 is 5.73 Å². The molecule has 8 heteroatoms. The lowest BCUT2D eigenvalue weighted by Gasteiger charge is -2.09. The van der Waals surface area contributed by atoms with E-state index in [-0.39, 0.29) is 6.61 Å². The van der Waals surface area contributed by atoms with Crippen molar-refractivity contribution < 1.29 is 9.53 Å². The molecule has 2 rings (SSSR count). The molecular formula is C12H18ClN5O2. The normalized spacial score (nSPS) is 11.3. The number of hydrogen-bond acceptors (Lipinski definition) is 4. The first-order valence-electron chi connectivity index (χ1n) is 6.35. The standard InChI is InChI=1S/C12H18ClN5O2/c1-8-11-12(17(2)16-8)18(10(15-11)3-4-13)5-6-20-7-9(14)19/h3-7H2,1-2H3,(H2,14,19). The summed E-state index contributed by atoms with van der Waals surface area (Å²) >= 11 is 5.82. The van der Waals surface area contributed by atoms with Gasteiger partial charge in [-0.1, -0.05) is 0 Å². The average molecular weight is 300 g/mol. The highest BCUT2D eigenvalue weighted by Gasteiger charge is 2.16. The van der Waals surface area contributed by atoms with Crippen molar-refractivity contribution in [2.75, 3.05) is 19.1 Å². The zero-order chi connectivity index (χ0) is 14.7. The van der Waals surface area contributed by atoms with Gasteiger partial charge in [0.15, 0.2) is 5.65 Å². The number of ether oxygens (including phenoxy) is 1. The number of carbonyl (C=O) groups excluding carboxylic acids is 1. The summed E-state index contributed by atoms with van der Waals surface area (Å²) in [6.45, 7) is 2.81. The fourth-order valence-corrected chi connectivity index (χ4v) is 2.39. The Balaban J connectivity index is 2.23. The zero-order valence-corrected chi connectivity index (χ0v) is 12.4. The van der Waals surface area contributed by atoms with Crippen LogP contribution in [0.5, 0.6) is 0 Å². The molecule has 0 spiro atoms. The van der Waals surface area contributed by atoms with Crippen LogP contribution in [0, 0.1) is 6.92 Å². The Hall–Kier alpha value is -1.60. The summed E-state index contributed by atoms with van der Waals surface area (Å²) in [5, 5.41) is 4.35. The monoisotopic (exact) mass is 299 g/mol. The minimum Gasteiger partial charge on any atom is -0.370 e. The maximum absolute atomic E-state index is 10.6. The predicted molar refractivity (Wildman–Crippen MR) is 75.7 cm³/mol. The van der Waals surface area contributed by atoms with Crippen LogP contribution >= 0.6 is 11.6 Å². The number of amides is 1. The molecule has 0 radical (unpaired) electrons. The molecule has 0 atom stereocenters. The molecule has 20 heavy (non-hydrogen) atoms. The third-order valence-corrected chi connectivity index (χ3v) is 3.18. The molecule has 110 valence electrons. The van der Waals surface area contributed by atoms with E-state index >= 15 is 0 Å². The number of nitrogens with two attached hydrogens (primary N) is 1. The van der Waals surface area contributed by atoms with Crippen molar-refractivity contribution in [3.63, 3.8) is 0 Å². The molecule has 2 aromatic rings. The lowest BCUT2D eigenvalue weighted by molar-refractivity contribution is -0.122. The second-order valence-electron chi connectivity index (χ2n) is 4.52. The van der Waals surface area contributed by atoms with E-state index in [1.165, 1.54) is 0 Å². The van der Waals surface area contributed by atoms with Crippen molar-refractivity contribution >= 4 is 28.7 Å². The predicted octanol–water partition coefficient (Wildman–Crippen LogP) is 0.361. The van der Waals surface area contributed by atoms with Crippen molar-refractivity contribution in [2.24, 2.45) is 12.8 Å². The van der Waals surface area contributed by atoms with Crippen LogP contribution in [0.2, 0.25) is 0 Å². The van der Waals surface area contributed by atoms with Gasteiger partial charge in [0.1, 0.15) is 17.9 Å². The van der Waals surface area contributed by atoms with Crippen molar-refractivity contribution in [1.29, 1.82) is 0 Å². The lowest BCUT2D eigenvalue weighted by Crippen LogP contribution is -2.20. The second-order valence-corrected chi connectivity index (χ2v) is 4.90. The number of fused-ring (bicyclic) bond motifs is 1. The average Bonchev–Trinajstić information content (AvgIpc) is 2.85. The number of primary amides is 1. The lowest BCUT2D eigenvalue weighted by atomic mass is 10.4. The minimum atomic E-state index is -0.474. The number of carbonyl (C=O) groups is 1. The van der Waals surface area contributed by atoms with Crippen LogP contribution in [0.1, 0.15) is 11.5 Å². The van der Waals surface area contributed by atoms with Gasteiger partial charge in [0, 0.05) is 25.9 Å². The van der Waals surface area contributed by atoms with Gasteiger partial charge in [0.25, 0.3) is 0 Å². The molecule has 0 bridgehead atoms. The molecule has 0 aromatic carbocycles. The summed E-state index contributed by atoms with van der Waals surface area (Å²) in [5.74, 6) is 0.921. The molecule has 0 unspecified atom stereocenters.